The number of fused-ring (bicyclic) bond motifs is 2. The van der Waals surface area contributed by atoms with Crippen molar-refractivity contribution >= 4 is 11.5 Å². The molecule has 5 rings (SSSR count). The predicted molar refractivity (Wildman–Crippen MR) is 117 cm³/mol. The van der Waals surface area contributed by atoms with Crippen molar-refractivity contribution < 1.29 is 0 Å². The Balaban J connectivity index is 1.63. The van der Waals surface area contributed by atoms with Gasteiger partial charge in [-0.05, 0) is 42.5 Å². The molecule has 0 aliphatic carbocycles. The molecule has 4 aromatic heterocycles. The molecule has 154 valence electrons. The molecule has 0 saturated carbocycles. The molecule has 7 nitrogen and oxygen atoms in total. The van der Waals surface area contributed by atoms with Crippen LogP contribution in [0.2, 0.25) is 0 Å². The van der Waals surface area contributed by atoms with Gasteiger partial charge < -0.3 is 9.88 Å². The number of H-pyrrole nitrogens is 1. The maximum absolute atomic E-state index is 4.97. The van der Waals surface area contributed by atoms with Crippen LogP contribution in [0.3, 0.4) is 0 Å². The van der Waals surface area contributed by atoms with Crippen LogP contribution in [0.1, 0.15) is 60.7 Å². The van der Waals surface area contributed by atoms with E-state index in [-0.39, 0.29) is 11.5 Å². The molecule has 0 fully saturated rings. The number of nitrogens with zero attached hydrogens (tertiary/aromatic N) is 6. The summed E-state index contributed by atoms with van der Waals surface area (Å²) in [6.07, 6.45) is 6.54. The molecule has 5 heterocycles. The van der Waals surface area contributed by atoms with Gasteiger partial charge in [-0.2, -0.15) is 5.10 Å². The lowest BCUT2D eigenvalue weighted by Gasteiger charge is -2.34. The Hall–Kier alpha value is -3.22. The second-order valence-corrected chi connectivity index (χ2v) is 9.16. The van der Waals surface area contributed by atoms with E-state index in [0.29, 0.717) is 5.95 Å². The lowest BCUT2D eigenvalue weighted by molar-refractivity contribution is 0.575. The Morgan fingerprint density at radius 2 is 1.83 bits per heavy atom. The van der Waals surface area contributed by atoms with Crippen LogP contribution < -0.4 is 4.90 Å². The number of pyridine rings is 1. The van der Waals surface area contributed by atoms with Crippen molar-refractivity contribution in [3.63, 3.8) is 0 Å². The summed E-state index contributed by atoms with van der Waals surface area (Å²) in [6.45, 7) is 11.5. The number of aromatic nitrogens is 6. The van der Waals surface area contributed by atoms with Gasteiger partial charge in [-0.1, -0.05) is 26.8 Å². The summed E-state index contributed by atoms with van der Waals surface area (Å²) in [7, 11) is 0. The Bertz CT molecular complexity index is 1170. The van der Waals surface area contributed by atoms with Gasteiger partial charge in [-0.15, -0.1) is 0 Å². The molecule has 0 radical (unpaired) electrons. The maximum atomic E-state index is 4.97. The van der Waals surface area contributed by atoms with E-state index >= 15 is 0 Å². The largest absolute Gasteiger partial charge is 0.348 e. The minimum absolute atomic E-state index is 0.0197. The molecule has 1 aliphatic heterocycles. The fraction of sp³-hybridized carbons (Fsp3) is 0.391. The number of nitrogens with one attached hydrogen (secondary N) is 1. The van der Waals surface area contributed by atoms with Gasteiger partial charge in [0.2, 0.25) is 5.95 Å². The highest BCUT2D eigenvalue weighted by atomic mass is 15.3. The number of aromatic amines is 1. The number of aryl methyl sites for hydroxylation is 2. The molecule has 4 aromatic rings. The van der Waals surface area contributed by atoms with Crippen LogP contribution in [0.25, 0.3) is 5.52 Å². The smallest absolute Gasteiger partial charge is 0.226 e. The van der Waals surface area contributed by atoms with Gasteiger partial charge in [0.25, 0.3) is 0 Å². The quantitative estimate of drug-likeness (QED) is 0.551. The first kappa shape index (κ1) is 18.8. The average molecular weight is 402 g/mol. The summed E-state index contributed by atoms with van der Waals surface area (Å²) in [4.78, 5) is 19.7. The number of imidazole rings is 1. The average Bonchev–Trinajstić information content (AvgIpc) is 3.37. The molecule has 0 aromatic carbocycles. The van der Waals surface area contributed by atoms with Crippen LogP contribution in [0.4, 0.5) is 5.95 Å². The highest BCUT2D eigenvalue weighted by Crippen LogP contribution is 2.36. The standard InChI is InChI=1S/C23H27N7/c1-14-6-7-15(2)30-19(14)10-18(28-30)21-20-17(26-13-27-20)8-9-29(21)22-24-11-16(12-25-22)23(3,4)5/h6-7,10-13,21H,8-9H2,1-5H3,(H,26,27)/t21-/m1/s1. The van der Waals surface area contributed by atoms with E-state index in [1.54, 1.807) is 6.33 Å². The summed E-state index contributed by atoms with van der Waals surface area (Å²) >= 11 is 0. The van der Waals surface area contributed by atoms with Crippen molar-refractivity contribution in [3.8, 4) is 0 Å². The molecule has 0 spiro atoms. The summed E-state index contributed by atoms with van der Waals surface area (Å²) in [5, 5.41) is 4.97. The third kappa shape index (κ3) is 2.96. The SMILES string of the molecule is Cc1ccc(C)n2nc([C@@H]3c4nc[nH]c4CCN3c3ncc(C(C)(C)C)cn3)cc12. The van der Waals surface area contributed by atoms with Gasteiger partial charge in [0.1, 0.15) is 6.04 Å². The molecule has 30 heavy (non-hydrogen) atoms. The molecule has 0 amide bonds. The Kier molecular flexibility index (Phi) is 4.17. The summed E-state index contributed by atoms with van der Waals surface area (Å²) < 4.78 is 2.02. The van der Waals surface area contributed by atoms with Crippen LogP contribution in [-0.4, -0.2) is 36.1 Å². The summed E-state index contributed by atoms with van der Waals surface area (Å²) in [5.41, 5.74) is 7.70. The monoisotopic (exact) mass is 401 g/mol. The lowest BCUT2D eigenvalue weighted by Crippen LogP contribution is -2.38. The second-order valence-electron chi connectivity index (χ2n) is 9.16. The first-order chi connectivity index (χ1) is 14.3. The number of hydrogen-bond acceptors (Lipinski definition) is 5. The third-order valence-electron chi connectivity index (χ3n) is 6.01. The minimum Gasteiger partial charge on any atom is -0.348 e. The zero-order valence-electron chi connectivity index (χ0n) is 18.1. The van der Waals surface area contributed by atoms with E-state index in [2.05, 4.69) is 67.7 Å². The van der Waals surface area contributed by atoms with Crippen molar-refractivity contribution in [2.24, 2.45) is 0 Å². The van der Waals surface area contributed by atoms with Crippen molar-refractivity contribution in [2.45, 2.75) is 52.5 Å². The summed E-state index contributed by atoms with van der Waals surface area (Å²) in [5.74, 6) is 0.715. The van der Waals surface area contributed by atoms with Crippen molar-refractivity contribution in [3.05, 3.63) is 70.8 Å². The first-order valence-corrected chi connectivity index (χ1v) is 10.4. The van der Waals surface area contributed by atoms with Crippen LogP contribution in [0.15, 0.2) is 36.9 Å². The van der Waals surface area contributed by atoms with Crippen molar-refractivity contribution in [1.82, 2.24) is 29.5 Å². The molecule has 1 aliphatic rings. The predicted octanol–water partition coefficient (Wildman–Crippen LogP) is 3.91. The molecule has 0 bridgehead atoms. The van der Waals surface area contributed by atoms with E-state index in [0.717, 1.165) is 46.8 Å². The number of hydrogen-bond donors (Lipinski definition) is 1. The zero-order valence-corrected chi connectivity index (χ0v) is 18.1. The molecule has 7 heteroatoms. The van der Waals surface area contributed by atoms with Gasteiger partial charge >= 0.3 is 0 Å². The highest BCUT2D eigenvalue weighted by Gasteiger charge is 2.35. The Labute approximate surface area is 176 Å². The van der Waals surface area contributed by atoms with Gasteiger partial charge in [0, 0.05) is 36.7 Å². The van der Waals surface area contributed by atoms with Crippen LogP contribution in [0.5, 0.6) is 0 Å². The van der Waals surface area contributed by atoms with E-state index in [1.807, 2.05) is 16.9 Å². The first-order valence-electron chi connectivity index (χ1n) is 10.4. The van der Waals surface area contributed by atoms with Crippen molar-refractivity contribution in [1.29, 1.82) is 0 Å². The minimum atomic E-state index is -0.126. The van der Waals surface area contributed by atoms with Gasteiger partial charge in [0.15, 0.2) is 0 Å². The van der Waals surface area contributed by atoms with E-state index in [1.165, 1.54) is 5.56 Å². The number of anilines is 1. The van der Waals surface area contributed by atoms with Crippen LogP contribution >= 0.6 is 0 Å². The maximum Gasteiger partial charge on any atom is 0.226 e. The summed E-state index contributed by atoms with van der Waals surface area (Å²) in [6, 6.07) is 6.29. The molecular weight excluding hydrogens is 374 g/mol. The molecule has 0 saturated heterocycles. The highest BCUT2D eigenvalue weighted by molar-refractivity contribution is 5.58. The fourth-order valence-corrected chi connectivity index (χ4v) is 4.13. The molecular formula is C23H27N7. The van der Waals surface area contributed by atoms with E-state index < -0.39 is 0 Å². The molecule has 1 atom stereocenters. The Morgan fingerprint density at radius 3 is 2.53 bits per heavy atom. The number of rotatable bonds is 2. The second kappa shape index (κ2) is 6.65. The fourth-order valence-electron chi connectivity index (χ4n) is 4.13. The van der Waals surface area contributed by atoms with Gasteiger partial charge in [-0.3, -0.25) is 0 Å². The van der Waals surface area contributed by atoms with Crippen LogP contribution in [0, 0.1) is 13.8 Å². The molecule has 0 unspecified atom stereocenters. The third-order valence-corrected chi connectivity index (χ3v) is 6.01. The lowest BCUT2D eigenvalue weighted by atomic mass is 9.89. The van der Waals surface area contributed by atoms with Gasteiger partial charge in [0.05, 0.1) is 23.2 Å². The van der Waals surface area contributed by atoms with E-state index in [9.17, 15) is 0 Å². The molecule has 1 N–H and O–H groups in total. The topological polar surface area (TPSA) is 75.0 Å². The normalized spacial score (nSPS) is 16.8. The van der Waals surface area contributed by atoms with Gasteiger partial charge in [-0.25, -0.2) is 19.5 Å². The van der Waals surface area contributed by atoms with Crippen LogP contribution in [-0.2, 0) is 11.8 Å². The van der Waals surface area contributed by atoms with Crippen molar-refractivity contribution in [2.75, 3.05) is 11.4 Å². The van der Waals surface area contributed by atoms with E-state index in [4.69, 9.17) is 15.1 Å². The Morgan fingerprint density at radius 1 is 1.07 bits per heavy atom. The zero-order chi connectivity index (χ0) is 21.0.